The summed E-state index contributed by atoms with van der Waals surface area (Å²) in [6.07, 6.45) is 0.378. The standard InChI is InChI=1S/C21H30N4O4/c1-12-20(29)25-15(11-26)17(25)16(19(28)24-21(2,3)4)23-14(18(27)22-12)10-13-8-6-5-7-9-13/h5-9,12,14-17,23,26H,10-11H2,1-4H3,(H,22,27)(H,24,28)/t12-,14-,15+,16+,17-,25?/m0/s1. The molecule has 2 aliphatic heterocycles. The third kappa shape index (κ3) is 4.76. The topological polar surface area (TPSA) is 111 Å². The van der Waals surface area contributed by atoms with E-state index in [4.69, 9.17) is 0 Å². The van der Waals surface area contributed by atoms with Crippen LogP contribution in [0.4, 0.5) is 0 Å². The second kappa shape index (κ2) is 8.12. The maximum atomic E-state index is 13.1. The predicted octanol–water partition coefficient (Wildman–Crippen LogP) is -0.439. The minimum Gasteiger partial charge on any atom is -0.394 e. The molecule has 8 nitrogen and oxygen atoms in total. The summed E-state index contributed by atoms with van der Waals surface area (Å²) in [5.41, 5.74) is 0.472. The van der Waals surface area contributed by atoms with Gasteiger partial charge in [-0.15, -0.1) is 0 Å². The quantitative estimate of drug-likeness (QED) is 0.511. The number of aliphatic hydroxyl groups excluding tert-OH is 1. The molecule has 3 rings (SSSR count). The van der Waals surface area contributed by atoms with E-state index in [-0.39, 0.29) is 24.3 Å². The SMILES string of the molecule is C[C@@H]1NC(=O)[C@H](Cc2ccccc2)N[C@@H](C(=O)NC(C)(C)C)[C@@H]2[C@@H](CO)N2C1=O. The Morgan fingerprint density at radius 3 is 2.45 bits per heavy atom. The van der Waals surface area contributed by atoms with Crippen molar-refractivity contribution in [3.63, 3.8) is 0 Å². The van der Waals surface area contributed by atoms with Crippen LogP contribution >= 0.6 is 0 Å². The fraction of sp³-hybridized carbons (Fsp3) is 0.571. The van der Waals surface area contributed by atoms with Gasteiger partial charge in [0, 0.05) is 5.54 Å². The Kier molecular flexibility index (Phi) is 5.95. The molecule has 0 aliphatic carbocycles. The van der Waals surface area contributed by atoms with Crippen molar-refractivity contribution in [2.45, 2.75) is 69.9 Å². The lowest BCUT2D eigenvalue weighted by Gasteiger charge is -2.28. The fourth-order valence-electron chi connectivity index (χ4n) is 3.86. The van der Waals surface area contributed by atoms with Crippen LogP contribution < -0.4 is 16.0 Å². The lowest BCUT2D eigenvalue weighted by molar-refractivity contribution is -0.132. The van der Waals surface area contributed by atoms with Crippen molar-refractivity contribution in [1.82, 2.24) is 20.9 Å². The molecule has 0 bridgehead atoms. The molecule has 5 atom stereocenters. The van der Waals surface area contributed by atoms with E-state index in [9.17, 15) is 19.5 Å². The van der Waals surface area contributed by atoms with E-state index >= 15 is 0 Å². The Balaban J connectivity index is 1.92. The van der Waals surface area contributed by atoms with Gasteiger partial charge in [-0.05, 0) is 39.7 Å². The third-order valence-corrected chi connectivity index (χ3v) is 5.26. The molecule has 2 saturated heterocycles. The first-order valence-electron chi connectivity index (χ1n) is 9.98. The molecule has 3 amide bonds. The molecule has 2 heterocycles. The second-order valence-electron chi connectivity index (χ2n) is 8.84. The fourth-order valence-corrected chi connectivity index (χ4v) is 3.86. The molecule has 0 unspecified atom stereocenters. The zero-order valence-corrected chi connectivity index (χ0v) is 17.3. The van der Waals surface area contributed by atoms with Gasteiger partial charge in [0.2, 0.25) is 17.7 Å². The number of hydrogen-bond acceptors (Lipinski definition) is 5. The molecule has 2 aliphatic rings. The van der Waals surface area contributed by atoms with Crippen LogP contribution in [0.15, 0.2) is 30.3 Å². The van der Waals surface area contributed by atoms with Crippen molar-refractivity contribution < 1.29 is 19.5 Å². The Morgan fingerprint density at radius 2 is 1.86 bits per heavy atom. The van der Waals surface area contributed by atoms with Crippen molar-refractivity contribution in [3.8, 4) is 0 Å². The molecular weight excluding hydrogens is 372 g/mol. The number of carbonyl (C=O) groups is 3. The van der Waals surface area contributed by atoms with Gasteiger partial charge in [-0.25, -0.2) is 0 Å². The van der Waals surface area contributed by atoms with Gasteiger partial charge < -0.3 is 20.6 Å². The van der Waals surface area contributed by atoms with Crippen LogP contribution in [0.1, 0.15) is 33.3 Å². The molecule has 2 fully saturated rings. The van der Waals surface area contributed by atoms with E-state index in [1.165, 1.54) is 4.90 Å². The average Bonchev–Trinajstić information content (AvgIpc) is 3.36. The molecule has 0 saturated carbocycles. The summed E-state index contributed by atoms with van der Waals surface area (Å²) in [5, 5.41) is 18.6. The van der Waals surface area contributed by atoms with Crippen LogP contribution in [0.25, 0.3) is 0 Å². The zero-order chi connectivity index (χ0) is 21.3. The lowest BCUT2D eigenvalue weighted by Crippen LogP contribution is -2.59. The van der Waals surface area contributed by atoms with E-state index in [1.807, 2.05) is 51.1 Å². The maximum absolute atomic E-state index is 13.1. The van der Waals surface area contributed by atoms with Crippen LogP contribution in [-0.4, -0.2) is 70.1 Å². The van der Waals surface area contributed by atoms with Gasteiger partial charge in [-0.1, -0.05) is 30.3 Å². The number of fused-ring (bicyclic) bond motifs is 1. The first-order chi connectivity index (χ1) is 13.6. The van der Waals surface area contributed by atoms with Gasteiger partial charge >= 0.3 is 0 Å². The Hall–Kier alpha value is -2.45. The molecule has 0 spiro atoms. The summed E-state index contributed by atoms with van der Waals surface area (Å²) >= 11 is 0. The normalized spacial score (nSPS) is 29.8. The molecule has 4 N–H and O–H groups in total. The summed E-state index contributed by atoms with van der Waals surface area (Å²) in [4.78, 5) is 40.2. The van der Waals surface area contributed by atoms with E-state index in [0.29, 0.717) is 6.42 Å². The summed E-state index contributed by atoms with van der Waals surface area (Å²) < 4.78 is 0. The van der Waals surface area contributed by atoms with Gasteiger partial charge in [-0.2, -0.15) is 0 Å². The van der Waals surface area contributed by atoms with Gasteiger partial charge in [-0.3, -0.25) is 19.7 Å². The number of amides is 3. The third-order valence-electron chi connectivity index (χ3n) is 5.26. The van der Waals surface area contributed by atoms with E-state index in [1.54, 1.807) is 6.92 Å². The molecule has 0 radical (unpaired) electrons. The molecule has 1 aromatic rings. The number of aliphatic hydroxyl groups is 1. The molecule has 158 valence electrons. The van der Waals surface area contributed by atoms with Crippen molar-refractivity contribution in [1.29, 1.82) is 0 Å². The van der Waals surface area contributed by atoms with Gasteiger partial charge in [0.05, 0.1) is 24.7 Å². The molecular formula is C21H30N4O4. The van der Waals surface area contributed by atoms with Crippen LogP contribution in [0.5, 0.6) is 0 Å². The molecule has 29 heavy (non-hydrogen) atoms. The minimum absolute atomic E-state index is 0.235. The summed E-state index contributed by atoms with van der Waals surface area (Å²) in [7, 11) is 0. The summed E-state index contributed by atoms with van der Waals surface area (Å²) in [5.74, 6) is -0.916. The van der Waals surface area contributed by atoms with Crippen molar-refractivity contribution in [2.24, 2.45) is 0 Å². The van der Waals surface area contributed by atoms with Crippen LogP contribution in [0.3, 0.4) is 0 Å². The highest BCUT2D eigenvalue weighted by molar-refractivity contribution is 5.94. The number of carbonyl (C=O) groups excluding carboxylic acids is 3. The van der Waals surface area contributed by atoms with E-state index in [2.05, 4.69) is 16.0 Å². The number of hydrogen-bond donors (Lipinski definition) is 4. The monoisotopic (exact) mass is 402 g/mol. The number of rotatable bonds is 4. The summed E-state index contributed by atoms with van der Waals surface area (Å²) in [6, 6.07) is 6.35. The van der Waals surface area contributed by atoms with Crippen molar-refractivity contribution >= 4 is 17.7 Å². The van der Waals surface area contributed by atoms with Gasteiger partial charge in [0.1, 0.15) is 12.1 Å². The van der Waals surface area contributed by atoms with Crippen molar-refractivity contribution in [3.05, 3.63) is 35.9 Å². The largest absolute Gasteiger partial charge is 0.394 e. The van der Waals surface area contributed by atoms with Crippen LogP contribution in [0.2, 0.25) is 0 Å². The van der Waals surface area contributed by atoms with Crippen LogP contribution in [0, 0.1) is 0 Å². The first kappa shape index (κ1) is 21.3. The smallest absolute Gasteiger partial charge is 0.245 e. The Morgan fingerprint density at radius 1 is 1.21 bits per heavy atom. The number of nitrogens with one attached hydrogen (secondary N) is 3. The van der Waals surface area contributed by atoms with Crippen LogP contribution in [-0.2, 0) is 20.8 Å². The zero-order valence-electron chi connectivity index (χ0n) is 17.3. The number of nitrogens with zero attached hydrogens (tertiary/aromatic N) is 1. The highest BCUT2D eigenvalue weighted by Crippen LogP contribution is 2.33. The first-order valence-corrected chi connectivity index (χ1v) is 9.98. The minimum atomic E-state index is -0.805. The summed E-state index contributed by atoms with van der Waals surface area (Å²) in [6.45, 7) is 7.00. The molecule has 0 aromatic heterocycles. The number of benzene rings is 1. The lowest BCUT2D eigenvalue weighted by atomic mass is 10.0. The molecule has 1 aromatic carbocycles. The van der Waals surface area contributed by atoms with Gasteiger partial charge in [0.15, 0.2) is 0 Å². The Bertz CT molecular complexity index is 777. The predicted molar refractivity (Wildman–Crippen MR) is 108 cm³/mol. The highest BCUT2D eigenvalue weighted by Gasteiger charge is 2.58. The van der Waals surface area contributed by atoms with E-state index in [0.717, 1.165) is 5.56 Å². The second-order valence-corrected chi connectivity index (χ2v) is 8.84. The van der Waals surface area contributed by atoms with E-state index < -0.39 is 35.7 Å². The van der Waals surface area contributed by atoms with Gasteiger partial charge in [0.25, 0.3) is 0 Å². The highest BCUT2D eigenvalue weighted by atomic mass is 16.3. The molecule has 8 heteroatoms. The van der Waals surface area contributed by atoms with Crippen molar-refractivity contribution in [2.75, 3.05) is 6.61 Å². The Labute approximate surface area is 171 Å². The average molecular weight is 402 g/mol. The maximum Gasteiger partial charge on any atom is 0.245 e.